The van der Waals surface area contributed by atoms with Crippen LogP contribution >= 0.6 is 22.9 Å². The Morgan fingerprint density at radius 1 is 1.22 bits per heavy atom. The molecule has 7 nitrogen and oxygen atoms in total. The number of nitrogens with zero attached hydrogens (tertiary/aromatic N) is 2. The first-order valence-corrected chi connectivity index (χ1v) is 17.0. The van der Waals surface area contributed by atoms with Crippen LogP contribution < -0.4 is 5.32 Å². The summed E-state index contributed by atoms with van der Waals surface area (Å²) in [5.41, 5.74) is 5.40. The van der Waals surface area contributed by atoms with Gasteiger partial charge < -0.3 is 19.7 Å². The van der Waals surface area contributed by atoms with Gasteiger partial charge in [-0.2, -0.15) is 0 Å². The minimum Gasteiger partial charge on any atom is -0.466 e. The van der Waals surface area contributed by atoms with Crippen LogP contribution in [-0.4, -0.2) is 59.8 Å². The molecule has 0 radical (unpaired) electrons. The quantitative estimate of drug-likeness (QED) is 0.147. The third kappa shape index (κ3) is 9.41. The van der Waals surface area contributed by atoms with Crippen molar-refractivity contribution in [3.8, 4) is 11.1 Å². The number of hydrogen-bond donors (Lipinski definition) is 1. The van der Waals surface area contributed by atoms with Crippen LogP contribution in [0.2, 0.25) is 5.02 Å². The number of likely N-dealkylation sites (tertiary alicyclic amines) is 1. The summed E-state index contributed by atoms with van der Waals surface area (Å²) in [5, 5.41) is 5.15. The van der Waals surface area contributed by atoms with Crippen molar-refractivity contribution in [1.82, 2.24) is 15.2 Å². The van der Waals surface area contributed by atoms with Gasteiger partial charge in [-0.15, -0.1) is 11.3 Å². The van der Waals surface area contributed by atoms with Crippen molar-refractivity contribution < 1.29 is 19.1 Å². The number of esters is 1. The fourth-order valence-corrected chi connectivity index (χ4v) is 6.71. The first-order valence-electron chi connectivity index (χ1n) is 15.8. The van der Waals surface area contributed by atoms with E-state index in [1.807, 2.05) is 65.0 Å². The number of fused-ring (bicyclic) bond motifs is 1. The Morgan fingerprint density at radius 3 is 2.58 bits per heavy atom. The van der Waals surface area contributed by atoms with E-state index < -0.39 is 5.60 Å². The zero-order chi connectivity index (χ0) is 32.7. The highest BCUT2D eigenvalue weighted by molar-refractivity contribution is 7.20. The number of hydrogen-bond acceptors (Lipinski definition) is 7. The minimum absolute atomic E-state index is 0.195. The van der Waals surface area contributed by atoms with E-state index in [1.54, 1.807) is 16.2 Å². The van der Waals surface area contributed by atoms with E-state index in [-0.39, 0.29) is 18.5 Å². The van der Waals surface area contributed by atoms with Crippen LogP contribution in [0, 0.1) is 12.8 Å². The highest BCUT2D eigenvalue weighted by Gasteiger charge is 2.33. The summed E-state index contributed by atoms with van der Waals surface area (Å²) >= 11 is 7.84. The number of carbonyl (C=O) groups excluding carboxylic acids is 2. The zero-order valence-corrected chi connectivity index (χ0v) is 28.9. The lowest BCUT2D eigenvalue weighted by Crippen LogP contribution is -2.60. The number of nitrogens with one attached hydrogen (secondary N) is 1. The van der Waals surface area contributed by atoms with Crippen LogP contribution in [-0.2, 0) is 20.7 Å². The number of carbonyl (C=O) groups is 2. The summed E-state index contributed by atoms with van der Waals surface area (Å²) in [7, 11) is 0. The summed E-state index contributed by atoms with van der Waals surface area (Å²) in [6.07, 6.45) is 7.11. The Hall–Kier alpha value is -3.20. The number of halogens is 1. The molecule has 0 bridgehead atoms. The fourth-order valence-electron chi connectivity index (χ4n) is 5.41. The molecule has 4 rings (SSSR count). The van der Waals surface area contributed by atoms with Gasteiger partial charge >= 0.3 is 12.1 Å². The molecule has 1 N–H and O–H groups in total. The molecule has 1 aromatic heterocycles. The molecule has 45 heavy (non-hydrogen) atoms. The highest BCUT2D eigenvalue weighted by atomic mass is 35.5. The van der Waals surface area contributed by atoms with Crippen molar-refractivity contribution in [2.24, 2.45) is 5.92 Å². The van der Waals surface area contributed by atoms with Gasteiger partial charge in [-0.1, -0.05) is 49.4 Å². The van der Waals surface area contributed by atoms with Gasteiger partial charge in [-0.05, 0) is 101 Å². The van der Waals surface area contributed by atoms with Crippen molar-refractivity contribution in [2.75, 3.05) is 26.2 Å². The molecule has 0 aliphatic carbocycles. The molecule has 1 saturated heterocycles. The second kappa shape index (κ2) is 15.4. The maximum absolute atomic E-state index is 12.6. The van der Waals surface area contributed by atoms with Crippen molar-refractivity contribution in [3.05, 3.63) is 70.2 Å². The van der Waals surface area contributed by atoms with Crippen LogP contribution in [0.3, 0.4) is 0 Å². The summed E-state index contributed by atoms with van der Waals surface area (Å²) in [5.74, 6) is 0.299. The predicted molar refractivity (Wildman–Crippen MR) is 186 cm³/mol. The number of aryl methyl sites for hydroxylation is 1. The molecule has 0 saturated carbocycles. The highest BCUT2D eigenvalue weighted by Crippen LogP contribution is 2.40. The van der Waals surface area contributed by atoms with Gasteiger partial charge in [0.1, 0.15) is 10.6 Å². The maximum atomic E-state index is 12.6. The monoisotopic (exact) mass is 651 g/mol. The molecule has 9 heteroatoms. The third-order valence-corrected chi connectivity index (χ3v) is 9.25. The summed E-state index contributed by atoms with van der Waals surface area (Å²) in [6.45, 7) is 18.5. The lowest BCUT2D eigenvalue weighted by Gasteiger charge is -2.40. The van der Waals surface area contributed by atoms with Crippen molar-refractivity contribution >= 4 is 50.8 Å². The normalized spacial score (nSPS) is 14.7. The topological polar surface area (TPSA) is 80.8 Å². The Kier molecular flexibility index (Phi) is 11.9. The summed E-state index contributed by atoms with van der Waals surface area (Å²) in [6, 6.07) is 10.1. The third-order valence-electron chi connectivity index (χ3n) is 7.86. The van der Waals surface area contributed by atoms with Crippen LogP contribution in [0.25, 0.3) is 26.9 Å². The molecule has 1 fully saturated rings. The van der Waals surface area contributed by atoms with E-state index in [9.17, 15) is 9.59 Å². The minimum atomic E-state index is -0.466. The molecular formula is C36H46ClN3O4S. The molecular weight excluding hydrogens is 606 g/mol. The van der Waals surface area contributed by atoms with Crippen LogP contribution in [0.5, 0.6) is 0 Å². The second-order valence-corrected chi connectivity index (χ2v) is 14.2. The molecule has 1 aliphatic heterocycles. The van der Waals surface area contributed by atoms with E-state index >= 15 is 0 Å². The first kappa shape index (κ1) is 34.7. The van der Waals surface area contributed by atoms with Crippen LogP contribution in [0.4, 0.5) is 4.79 Å². The largest absolute Gasteiger partial charge is 0.466 e. The molecule has 3 aromatic rings. The molecule has 1 aliphatic rings. The van der Waals surface area contributed by atoms with E-state index in [1.165, 1.54) is 0 Å². The Morgan fingerprint density at radius 2 is 1.93 bits per heavy atom. The van der Waals surface area contributed by atoms with Crippen molar-refractivity contribution in [3.63, 3.8) is 0 Å². The van der Waals surface area contributed by atoms with Gasteiger partial charge in [0, 0.05) is 35.3 Å². The number of allylic oxidation sites excluding steroid dienone is 3. The summed E-state index contributed by atoms with van der Waals surface area (Å²) < 4.78 is 11.8. The number of rotatable bonds is 13. The standard InChI is InChI=1S/C36H46ClN3O4S/c1-8-25(12-10-11-23(3)17-18-38-28-21-40(22-28)35(42)44-36(5,6)7)34-39-30-19-24(4)29(20-31(41)43-9-2)32(33(30)45-34)26-13-15-27(37)16-14-26/h8,12-16,19,23,28,38H,1,9-11,17-18,20-22H2,2-7H3/b25-12+. The van der Waals surface area contributed by atoms with E-state index in [0.717, 1.165) is 68.9 Å². The van der Waals surface area contributed by atoms with Gasteiger partial charge in [0.15, 0.2) is 0 Å². The smallest absolute Gasteiger partial charge is 0.410 e. The van der Waals surface area contributed by atoms with Crippen LogP contribution in [0.15, 0.2) is 49.1 Å². The molecule has 1 atom stereocenters. The first-order chi connectivity index (χ1) is 21.4. The lowest BCUT2D eigenvalue weighted by atomic mass is 9.93. The fraction of sp³-hybridized carbons (Fsp3) is 0.472. The lowest BCUT2D eigenvalue weighted by molar-refractivity contribution is -0.142. The number of benzene rings is 2. The van der Waals surface area contributed by atoms with Gasteiger partial charge in [-0.3, -0.25) is 4.79 Å². The van der Waals surface area contributed by atoms with Crippen molar-refractivity contribution in [2.45, 2.75) is 78.9 Å². The van der Waals surface area contributed by atoms with Crippen molar-refractivity contribution in [1.29, 1.82) is 0 Å². The molecule has 2 heterocycles. The van der Waals surface area contributed by atoms with Gasteiger partial charge in [-0.25, -0.2) is 9.78 Å². The molecule has 242 valence electrons. The molecule has 1 unspecified atom stereocenters. The number of thiazole rings is 1. The Balaban J connectivity index is 1.40. The van der Waals surface area contributed by atoms with E-state index in [2.05, 4.69) is 31.0 Å². The summed E-state index contributed by atoms with van der Waals surface area (Å²) in [4.78, 5) is 31.5. The Bertz CT molecular complexity index is 1530. The maximum Gasteiger partial charge on any atom is 0.410 e. The second-order valence-electron chi connectivity index (χ2n) is 12.8. The van der Waals surface area contributed by atoms with Gasteiger partial charge in [0.05, 0.1) is 23.2 Å². The average molecular weight is 652 g/mol. The number of amides is 1. The SMILES string of the molecule is C=C/C(=C\CCC(C)CCNC1CN(C(=O)OC(C)(C)C)C1)c1nc2cc(C)c(CC(=O)OCC)c(-c3ccc(Cl)cc3)c2s1. The number of aromatic nitrogens is 1. The van der Waals surface area contributed by atoms with E-state index in [4.69, 9.17) is 26.1 Å². The Labute approximate surface area is 276 Å². The van der Waals surface area contributed by atoms with Gasteiger partial charge in [0.2, 0.25) is 0 Å². The molecule has 1 amide bonds. The molecule has 2 aromatic carbocycles. The number of ether oxygens (including phenoxy) is 2. The average Bonchev–Trinajstić information content (AvgIpc) is 3.35. The van der Waals surface area contributed by atoms with Crippen LogP contribution in [0.1, 0.15) is 70.0 Å². The zero-order valence-electron chi connectivity index (χ0n) is 27.4. The van der Waals surface area contributed by atoms with E-state index in [0.29, 0.717) is 36.7 Å². The molecule has 0 spiro atoms. The van der Waals surface area contributed by atoms with Gasteiger partial charge in [0.25, 0.3) is 0 Å². The predicted octanol–water partition coefficient (Wildman–Crippen LogP) is 8.62.